The number of amides is 1. The van der Waals surface area contributed by atoms with E-state index in [1.54, 1.807) is 6.07 Å². The monoisotopic (exact) mass is 471 g/mol. The Hall–Kier alpha value is -3.28. The standard InChI is InChI=1S/C22H25N5O5S/c1-26(14-20(28)29)33(31,32)16-5-2-4-15(12-16)24-13-17-21-18(25-22(17)30)6-3-7-19(21)27-10-8-23-9-11-27/h2-7,12-13,17,23H,8-11,14H2,1H3,(H,25,30)(H,28,29). The number of carbonyl (C=O) groups is 2. The Kier molecular flexibility index (Phi) is 6.45. The van der Waals surface area contributed by atoms with Crippen LogP contribution in [0.15, 0.2) is 52.4 Å². The molecule has 0 aliphatic carbocycles. The fraction of sp³-hybridized carbons (Fsp3) is 0.318. The highest BCUT2D eigenvalue weighted by molar-refractivity contribution is 7.89. The molecule has 0 radical (unpaired) electrons. The second-order valence-corrected chi connectivity index (χ2v) is 9.92. The van der Waals surface area contributed by atoms with E-state index < -0.39 is 28.5 Å². The molecule has 3 N–H and O–H groups in total. The summed E-state index contributed by atoms with van der Waals surface area (Å²) in [6.07, 6.45) is 1.53. The van der Waals surface area contributed by atoms with Gasteiger partial charge in [0.25, 0.3) is 0 Å². The zero-order valence-corrected chi connectivity index (χ0v) is 18.9. The number of carbonyl (C=O) groups excluding carboxylic acids is 1. The van der Waals surface area contributed by atoms with Crippen molar-refractivity contribution in [2.45, 2.75) is 10.8 Å². The smallest absolute Gasteiger partial charge is 0.318 e. The maximum Gasteiger partial charge on any atom is 0.318 e. The van der Waals surface area contributed by atoms with Crippen molar-refractivity contribution in [3.8, 4) is 0 Å². The van der Waals surface area contributed by atoms with Crippen LogP contribution >= 0.6 is 0 Å². The topological polar surface area (TPSA) is 131 Å². The highest BCUT2D eigenvalue weighted by atomic mass is 32.2. The van der Waals surface area contributed by atoms with Crippen molar-refractivity contribution in [1.82, 2.24) is 9.62 Å². The average molecular weight is 472 g/mol. The van der Waals surface area contributed by atoms with Crippen LogP contribution in [0.1, 0.15) is 11.5 Å². The molecule has 2 aliphatic heterocycles. The molecule has 0 spiro atoms. The molecular weight excluding hydrogens is 446 g/mol. The normalized spacial score (nSPS) is 18.5. The molecule has 0 bridgehead atoms. The number of fused-ring (bicyclic) bond motifs is 1. The summed E-state index contributed by atoms with van der Waals surface area (Å²) in [5.41, 5.74) is 2.94. The van der Waals surface area contributed by atoms with Gasteiger partial charge in [0.1, 0.15) is 12.5 Å². The molecule has 2 aromatic carbocycles. The number of anilines is 2. The van der Waals surface area contributed by atoms with E-state index in [4.69, 9.17) is 5.11 Å². The zero-order valence-electron chi connectivity index (χ0n) is 18.1. The fourth-order valence-electron chi connectivity index (χ4n) is 3.99. The van der Waals surface area contributed by atoms with E-state index in [0.29, 0.717) is 5.69 Å². The minimum Gasteiger partial charge on any atom is -0.480 e. The largest absolute Gasteiger partial charge is 0.480 e. The molecule has 1 atom stereocenters. The number of sulfonamides is 1. The van der Waals surface area contributed by atoms with E-state index in [2.05, 4.69) is 20.5 Å². The van der Waals surface area contributed by atoms with Gasteiger partial charge in [0.2, 0.25) is 15.9 Å². The molecule has 4 rings (SSSR count). The summed E-state index contributed by atoms with van der Waals surface area (Å²) in [6, 6.07) is 11.7. The number of aliphatic imine (C=N–C) groups is 1. The summed E-state index contributed by atoms with van der Waals surface area (Å²) < 4.78 is 26.1. The van der Waals surface area contributed by atoms with Crippen LogP contribution in [0.3, 0.4) is 0 Å². The van der Waals surface area contributed by atoms with E-state index in [1.165, 1.54) is 31.5 Å². The van der Waals surface area contributed by atoms with Crippen molar-refractivity contribution in [3.63, 3.8) is 0 Å². The summed E-state index contributed by atoms with van der Waals surface area (Å²) in [7, 11) is -2.78. The van der Waals surface area contributed by atoms with E-state index >= 15 is 0 Å². The first-order chi connectivity index (χ1) is 15.8. The van der Waals surface area contributed by atoms with E-state index in [0.717, 1.165) is 47.4 Å². The van der Waals surface area contributed by atoms with Gasteiger partial charge in [0.15, 0.2) is 0 Å². The number of piperazine rings is 1. The number of rotatable bonds is 7. The molecule has 1 fully saturated rings. The molecule has 0 aromatic heterocycles. The summed E-state index contributed by atoms with van der Waals surface area (Å²) in [6.45, 7) is 2.74. The number of aliphatic carboxylic acids is 1. The maximum atomic E-state index is 12.7. The minimum atomic E-state index is -3.99. The van der Waals surface area contributed by atoms with Gasteiger partial charge < -0.3 is 20.6 Å². The second-order valence-electron chi connectivity index (χ2n) is 7.87. The van der Waals surface area contributed by atoms with E-state index in [1.807, 2.05) is 18.2 Å². The summed E-state index contributed by atoms with van der Waals surface area (Å²) in [5.74, 6) is -2.05. The lowest BCUT2D eigenvalue weighted by atomic mass is 9.98. The van der Waals surface area contributed by atoms with Gasteiger partial charge in [-0.05, 0) is 30.3 Å². The molecule has 1 amide bonds. The number of likely N-dealkylation sites (N-methyl/N-ethyl adjacent to an activating group) is 1. The number of nitrogens with zero attached hydrogens (tertiary/aromatic N) is 3. The number of carboxylic acids is 1. The van der Waals surface area contributed by atoms with Crippen molar-refractivity contribution in [2.75, 3.05) is 50.0 Å². The molecule has 174 valence electrons. The van der Waals surface area contributed by atoms with Crippen LogP contribution in [0.5, 0.6) is 0 Å². The third-order valence-corrected chi connectivity index (χ3v) is 7.45. The highest BCUT2D eigenvalue weighted by Crippen LogP contribution is 2.39. The molecule has 1 unspecified atom stereocenters. The lowest BCUT2D eigenvalue weighted by molar-refractivity contribution is -0.137. The van der Waals surface area contributed by atoms with Gasteiger partial charge in [-0.2, -0.15) is 4.31 Å². The van der Waals surface area contributed by atoms with Gasteiger partial charge in [-0.1, -0.05) is 12.1 Å². The number of benzene rings is 2. The second kappa shape index (κ2) is 9.30. The summed E-state index contributed by atoms with van der Waals surface area (Å²) in [5, 5.41) is 15.1. The van der Waals surface area contributed by atoms with Gasteiger partial charge in [-0.3, -0.25) is 14.6 Å². The SMILES string of the molecule is CN(CC(=O)O)S(=O)(=O)c1cccc(N=CC2C(=O)Nc3cccc(N4CCNCC4)c32)c1. The lowest BCUT2D eigenvalue weighted by Crippen LogP contribution is -2.44. The van der Waals surface area contributed by atoms with Crippen molar-refractivity contribution in [3.05, 3.63) is 48.0 Å². The molecule has 2 heterocycles. The van der Waals surface area contributed by atoms with Crippen LogP contribution in [0.2, 0.25) is 0 Å². The number of hydrogen-bond acceptors (Lipinski definition) is 7. The summed E-state index contributed by atoms with van der Waals surface area (Å²) >= 11 is 0. The first-order valence-electron chi connectivity index (χ1n) is 10.5. The minimum absolute atomic E-state index is 0.0707. The van der Waals surface area contributed by atoms with Crippen LogP contribution < -0.4 is 15.5 Å². The molecule has 2 aliphatic rings. The molecule has 11 heteroatoms. The number of carboxylic acid groups (broad SMARTS) is 1. The van der Waals surface area contributed by atoms with Gasteiger partial charge >= 0.3 is 5.97 Å². The Morgan fingerprint density at radius 3 is 2.70 bits per heavy atom. The van der Waals surface area contributed by atoms with Gasteiger partial charge in [0.05, 0.1) is 10.6 Å². The van der Waals surface area contributed by atoms with Crippen LogP contribution in [0.25, 0.3) is 0 Å². The Morgan fingerprint density at radius 1 is 1.24 bits per heavy atom. The Morgan fingerprint density at radius 2 is 1.97 bits per heavy atom. The highest BCUT2D eigenvalue weighted by Gasteiger charge is 2.33. The quantitative estimate of drug-likeness (QED) is 0.518. The van der Waals surface area contributed by atoms with Crippen molar-refractivity contribution in [2.24, 2.45) is 4.99 Å². The fourth-order valence-corrected chi connectivity index (χ4v) is 5.15. The first kappa shape index (κ1) is 22.9. The molecule has 33 heavy (non-hydrogen) atoms. The number of nitrogens with one attached hydrogen (secondary N) is 2. The Bertz CT molecular complexity index is 1210. The maximum absolute atomic E-state index is 12.7. The van der Waals surface area contributed by atoms with Gasteiger partial charge in [-0.25, -0.2) is 8.42 Å². The predicted octanol–water partition coefficient (Wildman–Crippen LogP) is 1.24. The van der Waals surface area contributed by atoms with Crippen LogP contribution in [-0.2, 0) is 19.6 Å². The van der Waals surface area contributed by atoms with Gasteiger partial charge in [-0.15, -0.1) is 0 Å². The summed E-state index contributed by atoms with van der Waals surface area (Å²) in [4.78, 5) is 30.2. The third-order valence-electron chi connectivity index (χ3n) is 5.65. The molecule has 10 nitrogen and oxygen atoms in total. The van der Waals surface area contributed by atoms with Crippen molar-refractivity contribution >= 4 is 45.2 Å². The average Bonchev–Trinajstić information content (AvgIpc) is 3.13. The lowest BCUT2D eigenvalue weighted by Gasteiger charge is -2.31. The molecule has 1 saturated heterocycles. The van der Waals surface area contributed by atoms with Crippen molar-refractivity contribution < 1.29 is 23.1 Å². The van der Waals surface area contributed by atoms with Crippen LogP contribution in [0, 0.1) is 0 Å². The predicted molar refractivity (Wildman–Crippen MR) is 125 cm³/mol. The van der Waals surface area contributed by atoms with E-state index in [-0.39, 0.29) is 10.8 Å². The zero-order chi connectivity index (χ0) is 23.6. The molecular formula is C22H25N5O5S. The molecule has 2 aromatic rings. The number of hydrogen-bond donors (Lipinski definition) is 3. The van der Waals surface area contributed by atoms with E-state index in [9.17, 15) is 18.0 Å². The molecule has 0 saturated carbocycles. The third kappa shape index (κ3) is 4.75. The Labute approximate surface area is 192 Å². The van der Waals surface area contributed by atoms with Crippen LogP contribution in [0.4, 0.5) is 17.1 Å². The van der Waals surface area contributed by atoms with Crippen molar-refractivity contribution in [1.29, 1.82) is 0 Å². The first-order valence-corrected chi connectivity index (χ1v) is 11.9. The van der Waals surface area contributed by atoms with Crippen LogP contribution in [-0.4, -0.2) is 75.7 Å². The Balaban J connectivity index is 1.62. The van der Waals surface area contributed by atoms with Gasteiger partial charge in [0, 0.05) is 56.4 Å².